The smallest absolute Gasteiger partial charge is 0.329 e. The van der Waals surface area contributed by atoms with Gasteiger partial charge in [0.15, 0.2) is 0 Å². The molecule has 1 atom stereocenters. The zero-order valence-electron chi connectivity index (χ0n) is 10.2. The number of hydrogen-bond acceptors (Lipinski definition) is 2. The zero-order valence-corrected chi connectivity index (χ0v) is 10.2. The van der Waals surface area contributed by atoms with E-state index in [2.05, 4.69) is 5.32 Å². The molecule has 0 aliphatic carbocycles. The molecule has 0 aromatic heterocycles. The van der Waals surface area contributed by atoms with Crippen molar-refractivity contribution >= 4 is 11.9 Å². The molecule has 0 radical (unpaired) electrons. The van der Waals surface area contributed by atoms with Crippen molar-refractivity contribution < 1.29 is 14.7 Å². The van der Waals surface area contributed by atoms with Crippen LogP contribution in [0.3, 0.4) is 0 Å². The van der Waals surface area contributed by atoms with Gasteiger partial charge in [-0.25, -0.2) is 4.79 Å². The molecule has 0 spiro atoms. The zero-order chi connectivity index (χ0) is 12.8. The molecule has 1 amide bonds. The largest absolute Gasteiger partial charge is 0.480 e. The Hall–Kier alpha value is -1.58. The Morgan fingerprint density at radius 1 is 1.31 bits per heavy atom. The number of rotatable bonds is 5. The van der Waals surface area contributed by atoms with E-state index in [4.69, 9.17) is 5.11 Å². The van der Waals surface area contributed by atoms with Crippen molar-refractivity contribution in [2.75, 3.05) is 0 Å². The predicted molar refractivity (Wildman–Crippen MR) is 63.0 cm³/mol. The molecule has 0 fully saturated rings. The number of allylic oxidation sites excluding steroid dienone is 3. The minimum atomic E-state index is -1.24. The molecule has 90 valence electrons. The quantitative estimate of drug-likeness (QED) is 0.553. The Kier molecular flexibility index (Phi) is 5.50. The third-order valence-corrected chi connectivity index (χ3v) is 2.53. The molecule has 0 rings (SSSR count). The highest BCUT2D eigenvalue weighted by atomic mass is 16.4. The molecule has 0 aromatic rings. The van der Waals surface area contributed by atoms with Crippen molar-refractivity contribution in [2.24, 2.45) is 5.92 Å². The lowest BCUT2D eigenvalue weighted by Crippen LogP contribution is -2.55. The number of carboxylic acids is 1. The van der Waals surface area contributed by atoms with Crippen LogP contribution in [0.4, 0.5) is 0 Å². The monoisotopic (exact) mass is 225 g/mol. The van der Waals surface area contributed by atoms with Gasteiger partial charge in [0.05, 0.1) is 0 Å². The first kappa shape index (κ1) is 14.4. The van der Waals surface area contributed by atoms with Gasteiger partial charge in [-0.2, -0.15) is 0 Å². The normalized spacial score (nSPS) is 15.6. The maximum atomic E-state index is 11.4. The topological polar surface area (TPSA) is 66.4 Å². The Morgan fingerprint density at radius 3 is 2.25 bits per heavy atom. The van der Waals surface area contributed by atoms with Crippen LogP contribution in [0, 0.1) is 5.92 Å². The second-order valence-electron chi connectivity index (χ2n) is 4.04. The molecule has 0 saturated carbocycles. The van der Waals surface area contributed by atoms with Crippen LogP contribution < -0.4 is 5.32 Å². The highest BCUT2D eigenvalue weighted by molar-refractivity contribution is 5.93. The van der Waals surface area contributed by atoms with Crippen LogP contribution >= 0.6 is 0 Å². The molecule has 2 N–H and O–H groups in total. The second-order valence-corrected chi connectivity index (χ2v) is 4.04. The number of aliphatic carboxylic acids is 1. The van der Waals surface area contributed by atoms with Crippen LogP contribution in [0.25, 0.3) is 0 Å². The van der Waals surface area contributed by atoms with Gasteiger partial charge < -0.3 is 10.4 Å². The molecule has 4 heteroatoms. The van der Waals surface area contributed by atoms with E-state index in [1.165, 1.54) is 13.0 Å². The molecule has 1 unspecified atom stereocenters. The van der Waals surface area contributed by atoms with Crippen LogP contribution in [0.5, 0.6) is 0 Å². The first-order valence-electron chi connectivity index (χ1n) is 5.19. The van der Waals surface area contributed by atoms with Crippen molar-refractivity contribution in [2.45, 2.75) is 33.2 Å². The lowest BCUT2D eigenvalue weighted by molar-refractivity contribution is -0.148. The van der Waals surface area contributed by atoms with E-state index in [-0.39, 0.29) is 5.92 Å². The van der Waals surface area contributed by atoms with Crippen molar-refractivity contribution in [3.8, 4) is 0 Å². The molecule has 0 aliphatic heterocycles. The van der Waals surface area contributed by atoms with Gasteiger partial charge in [-0.15, -0.1) is 0 Å². The van der Waals surface area contributed by atoms with E-state index in [0.29, 0.717) is 0 Å². The summed E-state index contributed by atoms with van der Waals surface area (Å²) in [5.74, 6) is -1.63. The third kappa shape index (κ3) is 3.88. The fourth-order valence-electron chi connectivity index (χ4n) is 0.996. The Labute approximate surface area is 96.0 Å². The number of carboxylic acid groups (broad SMARTS) is 1. The van der Waals surface area contributed by atoms with E-state index in [0.717, 1.165) is 0 Å². The Morgan fingerprint density at radius 2 is 1.88 bits per heavy atom. The second kappa shape index (κ2) is 6.10. The molecular formula is C12H19NO3. The summed E-state index contributed by atoms with van der Waals surface area (Å²) in [5.41, 5.74) is -1.24. The minimum absolute atomic E-state index is 0.191. The van der Waals surface area contributed by atoms with Gasteiger partial charge >= 0.3 is 5.97 Å². The summed E-state index contributed by atoms with van der Waals surface area (Å²) in [4.78, 5) is 22.5. The number of nitrogens with one attached hydrogen (secondary N) is 1. The van der Waals surface area contributed by atoms with E-state index in [1.54, 1.807) is 32.1 Å². The highest BCUT2D eigenvalue weighted by Gasteiger charge is 2.37. The Bertz CT molecular complexity index is 318. The fraction of sp³-hybridized carbons (Fsp3) is 0.500. The standard InChI is InChI=1S/C12H19NO3/c1-5-6-7-8-10(14)13-12(4,9(2)3)11(15)16/h5-9H,1-4H3,(H,13,14)(H,15,16). The SMILES string of the molecule is CC=CC=CC(=O)NC(C)(C(=O)O)C(C)C. The number of hydrogen-bond donors (Lipinski definition) is 2. The summed E-state index contributed by atoms with van der Waals surface area (Å²) in [6.07, 6.45) is 6.36. The molecule has 0 heterocycles. The summed E-state index contributed by atoms with van der Waals surface area (Å²) in [6.45, 7) is 6.84. The Balaban J connectivity index is 4.66. The molecule has 16 heavy (non-hydrogen) atoms. The first-order chi connectivity index (χ1) is 7.34. The minimum Gasteiger partial charge on any atom is -0.480 e. The maximum absolute atomic E-state index is 11.4. The lowest BCUT2D eigenvalue weighted by Gasteiger charge is -2.29. The van der Waals surface area contributed by atoms with E-state index < -0.39 is 17.4 Å². The maximum Gasteiger partial charge on any atom is 0.329 e. The summed E-state index contributed by atoms with van der Waals surface area (Å²) in [6, 6.07) is 0. The van der Waals surface area contributed by atoms with E-state index >= 15 is 0 Å². The third-order valence-electron chi connectivity index (χ3n) is 2.53. The molecule has 0 bridgehead atoms. The van der Waals surface area contributed by atoms with Crippen LogP contribution in [0.15, 0.2) is 24.3 Å². The lowest BCUT2D eigenvalue weighted by atomic mass is 9.88. The van der Waals surface area contributed by atoms with Crippen LogP contribution in [-0.4, -0.2) is 22.5 Å². The van der Waals surface area contributed by atoms with Crippen molar-refractivity contribution in [3.63, 3.8) is 0 Å². The van der Waals surface area contributed by atoms with Crippen molar-refractivity contribution in [1.82, 2.24) is 5.32 Å². The van der Waals surface area contributed by atoms with Gasteiger partial charge in [-0.1, -0.05) is 32.1 Å². The molecule has 0 aromatic carbocycles. The van der Waals surface area contributed by atoms with Crippen molar-refractivity contribution in [1.29, 1.82) is 0 Å². The first-order valence-corrected chi connectivity index (χ1v) is 5.19. The van der Waals surface area contributed by atoms with Crippen LogP contribution in [-0.2, 0) is 9.59 Å². The molecule has 0 saturated heterocycles. The van der Waals surface area contributed by atoms with E-state index in [1.807, 2.05) is 6.92 Å². The van der Waals surface area contributed by atoms with Gasteiger partial charge in [-0.3, -0.25) is 4.79 Å². The van der Waals surface area contributed by atoms with Gasteiger partial charge in [0.25, 0.3) is 0 Å². The summed E-state index contributed by atoms with van der Waals surface area (Å²) in [5, 5.41) is 11.6. The summed E-state index contributed by atoms with van der Waals surface area (Å²) < 4.78 is 0. The highest BCUT2D eigenvalue weighted by Crippen LogP contribution is 2.16. The van der Waals surface area contributed by atoms with Gasteiger partial charge in [0, 0.05) is 6.08 Å². The van der Waals surface area contributed by atoms with E-state index in [9.17, 15) is 9.59 Å². The van der Waals surface area contributed by atoms with Crippen molar-refractivity contribution in [3.05, 3.63) is 24.3 Å². The molecule has 4 nitrogen and oxygen atoms in total. The average Bonchev–Trinajstić information content (AvgIpc) is 2.17. The van der Waals surface area contributed by atoms with Crippen LogP contribution in [0.1, 0.15) is 27.7 Å². The number of carbonyl (C=O) groups is 2. The van der Waals surface area contributed by atoms with Crippen LogP contribution in [0.2, 0.25) is 0 Å². The number of amides is 1. The predicted octanol–water partition coefficient (Wildman–Crippen LogP) is 1.73. The summed E-state index contributed by atoms with van der Waals surface area (Å²) in [7, 11) is 0. The van der Waals surface area contributed by atoms with Gasteiger partial charge in [-0.05, 0) is 19.8 Å². The molecular weight excluding hydrogens is 206 g/mol. The van der Waals surface area contributed by atoms with Gasteiger partial charge in [0.1, 0.15) is 5.54 Å². The molecule has 0 aliphatic rings. The number of carbonyl (C=O) groups excluding carboxylic acids is 1. The average molecular weight is 225 g/mol. The summed E-state index contributed by atoms with van der Waals surface area (Å²) >= 11 is 0. The van der Waals surface area contributed by atoms with Gasteiger partial charge in [0.2, 0.25) is 5.91 Å². The fourth-order valence-corrected chi connectivity index (χ4v) is 0.996.